The molecule has 0 atom stereocenters. The van der Waals surface area contributed by atoms with Crippen molar-refractivity contribution >= 4 is 21.6 Å². The molecule has 156 valence electrons. The largest absolute Gasteiger partial charge is 0.378 e. The van der Waals surface area contributed by atoms with E-state index in [0.29, 0.717) is 43.1 Å². The number of nitrogens with zero attached hydrogens (tertiary/aromatic N) is 1. The number of aryl methyl sites for hydroxylation is 1. The Morgan fingerprint density at radius 3 is 2.24 bits per heavy atom. The van der Waals surface area contributed by atoms with Crippen molar-refractivity contribution in [3.05, 3.63) is 59.2 Å². The maximum Gasteiger partial charge on any atom is 0.262 e. The Morgan fingerprint density at radius 1 is 1.03 bits per heavy atom. The van der Waals surface area contributed by atoms with E-state index < -0.39 is 10.0 Å². The highest BCUT2D eigenvalue weighted by molar-refractivity contribution is 7.92. The number of morpholine rings is 1. The lowest BCUT2D eigenvalue weighted by molar-refractivity contribution is 0.0303. The third kappa shape index (κ3) is 4.97. The first-order valence-electron chi connectivity index (χ1n) is 9.69. The Labute approximate surface area is 172 Å². The van der Waals surface area contributed by atoms with Gasteiger partial charge in [0.1, 0.15) is 0 Å². The first-order valence-corrected chi connectivity index (χ1v) is 11.2. The molecule has 0 aliphatic carbocycles. The summed E-state index contributed by atoms with van der Waals surface area (Å²) >= 11 is 0. The summed E-state index contributed by atoms with van der Waals surface area (Å²) in [6.07, 6.45) is 0. The lowest BCUT2D eigenvalue weighted by Gasteiger charge is -2.26. The number of amides is 1. The van der Waals surface area contributed by atoms with Crippen LogP contribution in [0.5, 0.6) is 0 Å². The second kappa shape index (κ2) is 8.16. The number of benzene rings is 2. The van der Waals surface area contributed by atoms with Crippen molar-refractivity contribution < 1.29 is 17.9 Å². The average Bonchev–Trinajstić information content (AvgIpc) is 2.67. The van der Waals surface area contributed by atoms with Gasteiger partial charge in [0.15, 0.2) is 0 Å². The van der Waals surface area contributed by atoms with E-state index in [1.165, 1.54) is 0 Å². The van der Waals surface area contributed by atoms with E-state index in [0.717, 1.165) is 5.56 Å². The molecular formula is C22H28N2O4S. The number of rotatable bonds is 4. The van der Waals surface area contributed by atoms with Crippen LogP contribution in [-0.2, 0) is 20.2 Å². The molecule has 1 N–H and O–H groups in total. The zero-order valence-corrected chi connectivity index (χ0v) is 18.2. The average molecular weight is 417 g/mol. The van der Waals surface area contributed by atoms with Gasteiger partial charge in [-0.25, -0.2) is 8.42 Å². The van der Waals surface area contributed by atoms with Crippen LogP contribution in [0.4, 0.5) is 5.69 Å². The summed E-state index contributed by atoms with van der Waals surface area (Å²) in [5.41, 5.74) is 2.43. The summed E-state index contributed by atoms with van der Waals surface area (Å²) in [6.45, 7) is 10.1. The minimum atomic E-state index is -3.74. The maximum absolute atomic E-state index is 13.0. The summed E-state index contributed by atoms with van der Waals surface area (Å²) in [4.78, 5) is 14.5. The molecule has 3 rings (SSSR count). The fourth-order valence-corrected chi connectivity index (χ4v) is 4.53. The third-order valence-electron chi connectivity index (χ3n) is 5.03. The molecule has 0 radical (unpaired) electrons. The molecule has 0 bridgehead atoms. The highest BCUT2D eigenvalue weighted by Crippen LogP contribution is 2.28. The van der Waals surface area contributed by atoms with Crippen LogP contribution in [0.2, 0.25) is 0 Å². The molecule has 6 nitrogen and oxygen atoms in total. The molecule has 1 fully saturated rings. The van der Waals surface area contributed by atoms with Gasteiger partial charge in [-0.3, -0.25) is 9.52 Å². The van der Waals surface area contributed by atoms with E-state index >= 15 is 0 Å². The Balaban J connectivity index is 1.80. The number of carbonyl (C=O) groups excluding carboxylic acids is 1. The van der Waals surface area contributed by atoms with Crippen molar-refractivity contribution in [1.82, 2.24) is 4.90 Å². The smallest absolute Gasteiger partial charge is 0.262 e. The highest BCUT2D eigenvalue weighted by atomic mass is 32.2. The number of sulfonamides is 1. The van der Waals surface area contributed by atoms with Crippen LogP contribution < -0.4 is 4.72 Å². The molecule has 7 heteroatoms. The summed E-state index contributed by atoms with van der Waals surface area (Å²) in [6, 6.07) is 12.1. The highest BCUT2D eigenvalue weighted by Gasteiger charge is 2.22. The maximum atomic E-state index is 13.0. The van der Waals surface area contributed by atoms with Gasteiger partial charge in [0.25, 0.3) is 15.9 Å². The van der Waals surface area contributed by atoms with Crippen LogP contribution in [0.1, 0.15) is 42.3 Å². The molecule has 0 aromatic heterocycles. The van der Waals surface area contributed by atoms with Gasteiger partial charge in [-0.2, -0.15) is 0 Å². The SMILES string of the molecule is Cc1ccc(C(C)(C)C)cc1S(=O)(=O)Nc1ccc(C(=O)N2CCOCC2)cc1. The van der Waals surface area contributed by atoms with E-state index in [1.807, 2.05) is 32.9 Å². The predicted octanol–water partition coefficient (Wildman–Crippen LogP) is 3.57. The Bertz CT molecular complexity index is 986. The molecule has 1 aliphatic heterocycles. The monoisotopic (exact) mass is 416 g/mol. The van der Waals surface area contributed by atoms with Gasteiger partial charge in [0.05, 0.1) is 18.1 Å². The van der Waals surface area contributed by atoms with Crippen LogP contribution in [0.15, 0.2) is 47.4 Å². The number of hydrogen-bond acceptors (Lipinski definition) is 4. The molecule has 2 aromatic carbocycles. The first kappa shape index (κ1) is 21.3. The van der Waals surface area contributed by atoms with Gasteiger partial charge in [0, 0.05) is 24.3 Å². The second-order valence-electron chi connectivity index (χ2n) is 8.32. The summed E-state index contributed by atoms with van der Waals surface area (Å²) in [5.74, 6) is -0.0728. The van der Waals surface area contributed by atoms with E-state index in [-0.39, 0.29) is 16.2 Å². The summed E-state index contributed by atoms with van der Waals surface area (Å²) < 4.78 is 33.8. The fourth-order valence-electron chi connectivity index (χ4n) is 3.20. The Kier molecular flexibility index (Phi) is 6.00. The van der Waals surface area contributed by atoms with Crippen molar-refractivity contribution in [3.8, 4) is 0 Å². The minimum absolute atomic E-state index is 0.0728. The normalized spacial score (nSPS) is 15.2. The minimum Gasteiger partial charge on any atom is -0.378 e. The molecule has 29 heavy (non-hydrogen) atoms. The number of carbonyl (C=O) groups is 1. The number of ether oxygens (including phenoxy) is 1. The molecule has 1 saturated heterocycles. The van der Waals surface area contributed by atoms with Crippen LogP contribution >= 0.6 is 0 Å². The molecule has 1 amide bonds. The van der Waals surface area contributed by atoms with Gasteiger partial charge in [-0.1, -0.05) is 32.9 Å². The zero-order valence-electron chi connectivity index (χ0n) is 17.4. The van der Waals surface area contributed by atoms with Gasteiger partial charge in [-0.15, -0.1) is 0 Å². The fraction of sp³-hybridized carbons (Fsp3) is 0.409. The van der Waals surface area contributed by atoms with E-state index in [9.17, 15) is 13.2 Å². The standard InChI is InChI=1S/C22H28N2O4S/c1-16-5-8-18(22(2,3)4)15-20(16)29(26,27)23-19-9-6-17(7-10-19)21(25)24-11-13-28-14-12-24/h5-10,15,23H,11-14H2,1-4H3. The number of nitrogens with one attached hydrogen (secondary N) is 1. The quantitative estimate of drug-likeness (QED) is 0.827. The molecule has 0 saturated carbocycles. The van der Waals surface area contributed by atoms with Crippen LogP contribution in [0, 0.1) is 6.92 Å². The molecule has 1 heterocycles. The molecule has 0 spiro atoms. The second-order valence-corrected chi connectivity index (χ2v) is 9.97. The van der Waals surface area contributed by atoms with E-state index in [1.54, 1.807) is 42.2 Å². The van der Waals surface area contributed by atoms with Gasteiger partial charge >= 0.3 is 0 Å². The van der Waals surface area contributed by atoms with Crippen LogP contribution in [0.25, 0.3) is 0 Å². The predicted molar refractivity (Wildman–Crippen MR) is 114 cm³/mol. The molecule has 1 aliphatic rings. The topological polar surface area (TPSA) is 75.7 Å². The number of anilines is 1. The lowest BCUT2D eigenvalue weighted by Crippen LogP contribution is -2.40. The zero-order chi connectivity index (χ0) is 21.2. The van der Waals surface area contributed by atoms with E-state index in [2.05, 4.69) is 4.72 Å². The Hall–Kier alpha value is -2.38. The lowest BCUT2D eigenvalue weighted by atomic mass is 9.87. The summed E-state index contributed by atoms with van der Waals surface area (Å²) in [5, 5.41) is 0. The van der Waals surface area contributed by atoms with Crippen molar-refractivity contribution in [2.75, 3.05) is 31.0 Å². The van der Waals surface area contributed by atoms with Crippen molar-refractivity contribution in [1.29, 1.82) is 0 Å². The summed E-state index contributed by atoms with van der Waals surface area (Å²) in [7, 11) is -3.74. The first-order chi connectivity index (χ1) is 13.6. The van der Waals surface area contributed by atoms with Gasteiger partial charge in [0.2, 0.25) is 0 Å². The van der Waals surface area contributed by atoms with E-state index in [4.69, 9.17) is 4.74 Å². The van der Waals surface area contributed by atoms with Crippen molar-refractivity contribution in [2.24, 2.45) is 0 Å². The molecule has 0 unspecified atom stereocenters. The Morgan fingerprint density at radius 2 is 1.66 bits per heavy atom. The molecular weight excluding hydrogens is 388 g/mol. The molecule has 2 aromatic rings. The third-order valence-corrected chi connectivity index (χ3v) is 6.55. The van der Waals surface area contributed by atoms with Gasteiger partial charge in [-0.05, 0) is 53.8 Å². The number of hydrogen-bond donors (Lipinski definition) is 1. The van der Waals surface area contributed by atoms with Gasteiger partial charge < -0.3 is 9.64 Å². The van der Waals surface area contributed by atoms with Crippen molar-refractivity contribution in [3.63, 3.8) is 0 Å². The van der Waals surface area contributed by atoms with Crippen LogP contribution in [-0.4, -0.2) is 45.5 Å². The van der Waals surface area contributed by atoms with Crippen molar-refractivity contribution in [2.45, 2.75) is 38.0 Å². The van der Waals surface area contributed by atoms with Crippen LogP contribution in [0.3, 0.4) is 0 Å².